The summed E-state index contributed by atoms with van der Waals surface area (Å²) in [6.45, 7) is 9.29. The van der Waals surface area contributed by atoms with Gasteiger partial charge in [0.2, 0.25) is 0 Å². The molecule has 0 aromatic heterocycles. The maximum atomic E-state index is 10.3. The van der Waals surface area contributed by atoms with Gasteiger partial charge in [-0.25, -0.2) is 0 Å². The van der Waals surface area contributed by atoms with Gasteiger partial charge in [-0.3, -0.25) is 0 Å². The molecule has 0 heterocycles. The second-order valence-corrected chi connectivity index (χ2v) is 9.31. The molecule has 0 saturated heterocycles. The van der Waals surface area contributed by atoms with Crippen LogP contribution >= 0.6 is 0 Å². The fraction of sp³-hybridized carbons (Fsp3) is 0.739. The third-order valence-corrected chi connectivity index (χ3v) is 6.43. The van der Waals surface area contributed by atoms with Crippen molar-refractivity contribution < 1.29 is 10.2 Å². The van der Waals surface area contributed by atoms with Gasteiger partial charge < -0.3 is 10.2 Å². The largest absolute Gasteiger partial charge is 0.504 e. The van der Waals surface area contributed by atoms with Crippen LogP contribution in [0.1, 0.15) is 96.6 Å². The molecular weight excluding hydrogens is 308 g/mol. The number of rotatable bonds is 11. The number of hydrogen-bond donors (Lipinski definition) is 2. The van der Waals surface area contributed by atoms with E-state index < -0.39 is 0 Å². The van der Waals surface area contributed by atoms with Crippen molar-refractivity contribution >= 4 is 0 Å². The van der Waals surface area contributed by atoms with Crippen molar-refractivity contribution in [3.63, 3.8) is 0 Å². The number of hydrogen-bond acceptors (Lipinski definition) is 2. The number of aromatic hydroxyl groups is 2. The SMILES string of the molecule is CCC(C)(C)CCCCc1c(CCCCC2(C)CC2)ccc(O)c1O. The third kappa shape index (κ3) is 6.24. The molecule has 0 spiro atoms. The Bertz CT molecular complexity index is 555. The molecule has 1 fully saturated rings. The van der Waals surface area contributed by atoms with Gasteiger partial charge in [-0.1, -0.05) is 53.0 Å². The Morgan fingerprint density at radius 1 is 1.00 bits per heavy atom. The number of phenolic OH excluding ortho intramolecular Hbond substituents is 2. The highest BCUT2D eigenvalue weighted by atomic mass is 16.3. The first-order chi connectivity index (χ1) is 11.8. The summed E-state index contributed by atoms with van der Waals surface area (Å²) in [5, 5.41) is 20.2. The Morgan fingerprint density at radius 3 is 2.32 bits per heavy atom. The predicted molar refractivity (Wildman–Crippen MR) is 106 cm³/mol. The summed E-state index contributed by atoms with van der Waals surface area (Å²) in [4.78, 5) is 0. The average Bonchev–Trinajstić information content (AvgIpc) is 3.31. The van der Waals surface area contributed by atoms with Crippen molar-refractivity contribution in [2.75, 3.05) is 0 Å². The first kappa shape index (κ1) is 20.1. The highest BCUT2D eigenvalue weighted by molar-refractivity contribution is 5.49. The molecule has 1 saturated carbocycles. The van der Waals surface area contributed by atoms with E-state index in [4.69, 9.17) is 0 Å². The lowest BCUT2D eigenvalue weighted by molar-refractivity contribution is 0.309. The smallest absolute Gasteiger partial charge is 0.160 e. The molecule has 1 aliphatic rings. The minimum Gasteiger partial charge on any atom is -0.504 e. The summed E-state index contributed by atoms with van der Waals surface area (Å²) in [5.74, 6) is 0.138. The van der Waals surface area contributed by atoms with E-state index in [-0.39, 0.29) is 11.5 Å². The van der Waals surface area contributed by atoms with Crippen molar-refractivity contribution in [2.24, 2.45) is 10.8 Å². The summed E-state index contributed by atoms with van der Waals surface area (Å²) in [6.07, 6.45) is 13.1. The van der Waals surface area contributed by atoms with Crippen LogP contribution in [0.2, 0.25) is 0 Å². The Labute approximate surface area is 154 Å². The molecule has 142 valence electrons. The molecular formula is C23H38O2. The summed E-state index contributed by atoms with van der Waals surface area (Å²) >= 11 is 0. The third-order valence-electron chi connectivity index (χ3n) is 6.43. The maximum absolute atomic E-state index is 10.3. The molecule has 0 atom stereocenters. The molecule has 2 N–H and O–H groups in total. The first-order valence-electron chi connectivity index (χ1n) is 10.3. The summed E-state index contributed by atoms with van der Waals surface area (Å²) in [7, 11) is 0. The van der Waals surface area contributed by atoms with Crippen LogP contribution in [0.25, 0.3) is 0 Å². The summed E-state index contributed by atoms with van der Waals surface area (Å²) < 4.78 is 0. The van der Waals surface area contributed by atoms with Gasteiger partial charge in [-0.2, -0.15) is 0 Å². The quantitative estimate of drug-likeness (QED) is 0.343. The fourth-order valence-electron chi connectivity index (χ4n) is 3.59. The highest BCUT2D eigenvalue weighted by Gasteiger charge is 2.35. The zero-order valence-corrected chi connectivity index (χ0v) is 16.8. The average molecular weight is 347 g/mol. The maximum Gasteiger partial charge on any atom is 0.160 e. The van der Waals surface area contributed by atoms with Crippen molar-refractivity contribution in [1.82, 2.24) is 0 Å². The Kier molecular flexibility index (Phi) is 6.82. The molecule has 0 aliphatic heterocycles. The van der Waals surface area contributed by atoms with E-state index in [0.29, 0.717) is 10.8 Å². The van der Waals surface area contributed by atoms with Crippen molar-refractivity contribution in [3.8, 4) is 11.5 Å². The van der Waals surface area contributed by atoms with Crippen LogP contribution in [0.3, 0.4) is 0 Å². The molecule has 25 heavy (non-hydrogen) atoms. The zero-order valence-electron chi connectivity index (χ0n) is 16.8. The summed E-state index contributed by atoms with van der Waals surface area (Å²) in [6, 6.07) is 3.66. The van der Waals surface area contributed by atoms with Gasteiger partial charge in [0, 0.05) is 5.56 Å². The fourth-order valence-corrected chi connectivity index (χ4v) is 3.59. The van der Waals surface area contributed by atoms with Gasteiger partial charge in [0.05, 0.1) is 0 Å². The summed E-state index contributed by atoms with van der Waals surface area (Å²) in [5.41, 5.74) is 3.24. The Balaban J connectivity index is 1.87. The van der Waals surface area contributed by atoms with Crippen LogP contribution in [0.15, 0.2) is 12.1 Å². The van der Waals surface area contributed by atoms with Crippen LogP contribution in [0, 0.1) is 10.8 Å². The topological polar surface area (TPSA) is 40.5 Å². The molecule has 1 aromatic carbocycles. The van der Waals surface area contributed by atoms with E-state index in [1.54, 1.807) is 6.07 Å². The first-order valence-corrected chi connectivity index (χ1v) is 10.3. The van der Waals surface area contributed by atoms with E-state index in [1.807, 2.05) is 6.07 Å². The molecule has 2 rings (SSSR count). The lowest BCUT2D eigenvalue weighted by Gasteiger charge is -2.22. The van der Waals surface area contributed by atoms with Gasteiger partial charge >= 0.3 is 0 Å². The Hall–Kier alpha value is -1.18. The van der Waals surface area contributed by atoms with Crippen molar-refractivity contribution in [3.05, 3.63) is 23.3 Å². The second kappa shape index (κ2) is 8.47. The monoisotopic (exact) mass is 346 g/mol. The minimum atomic E-state index is 0.0260. The van der Waals surface area contributed by atoms with Crippen LogP contribution in [0.4, 0.5) is 0 Å². The van der Waals surface area contributed by atoms with E-state index in [9.17, 15) is 10.2 Å². The lowest BCUT2D eigenvalue weighted by Crippen LogP contribution is -2.09. The molecule has 0 unspecified atom stereocenters. The van der Waals surface area contributed by atoms with Crippen LogP contribution in [0.5, 0.6) is 11.5 Å². The van der Waals surface area contributed by atoms with Crippen molar-refractivity contribution in [1.29, 1.82) is 0 Å². The molecule has 2 nitrogen and oxygen atoms in total. The normalized spacial score (nSPS) is 16.2. The Morgan fingerprint density at radius 2 is 1.68 bits per heavy atom. The van der Waals surface area contributed by atoms with Gasteiger partial charge in [0.25, 0.3) is 0 Å². The predicted octanol–water partition coefficient (Wildman–Crippen LogP) is 6.76. The molecule has 1 aliphatic carbocycles. The number of unbranched alkanes of at least 4 members (excludes halogenated alkanes) is 2. The number of benzene rings is 1. The van der Waals surface area contributed by atoms with E-state index in [0.717, 1.165) is 24.8 Å². The molecule has 0 bridgehead atoms. The number of phenols is 2. The second-order valence-electron chi connectivity index (χ2n) is 9.31. The lowest BCUT2D eigenvalue weighted by atomic mass is 9.84. The van der Waals surface area contributed by atoms with Crippen molar-refractivity contribution in [2.45, 2.75) is 98.3 Å². The molecule has 2 heteroatoms. The van der Waals surface area contributed by atoms with Crippen LogP contribution < -0.4 is 0 Å². The zero-order chi connectivity index (χ0) is 18.5. The van der Waals surface area contributed by atoms with E-state index in [2.05, 4.69) is 27.7 Å². The minimum absolute atomic E-state index is 0.0260. The van der Waals surface area contributed by atoms with E-state index >= 15 is 0 Å². The van der Waals surface area contributed by atoms with Crippen LogP contribution in [-0.4, -0.2) is 10.2 Å². The van der Waals surface area contributed by atoms with Gasteiger partial charge in [0.15, 0.2) is 11.5 Å². The van der Waals surface area contributed by atoms with Gasteiger partial charge in [-0.15, -0.1) is 0 Å². The highest BCUT2D eigenvalue weighted by Crippen LogP contribution is 2.49. The van der Waals surface area contributed by atoms with Gasteiger partial charge in [0.1, 0.15) is 0 Å². The standard InChI is InChI=1S/C23H38O2/c1-5-22(2,3)14-8-7-11-19-18(12-13-20(24)21(19)25)10-6-9-15-23(4)16-17-23/h12-13,24-25H,5-11,14-17H2,1-4H3. The van der Waals surface area contributed by atoms with E-state index in [1.165, 1.54) is 56.9 Å². The van der Waals surface area contributed by atoms with Gasteiger partial charge in [-0.05, 0) is 73.8 Å². The molecule has 0 radical (unpaired) electrons. The molecule has 1 aromatic rings. The molecule has 0 amide bonds. The van der Waals surface area contributed by atoms with Crippen LogP contribution in [-0.2, 0) is 12.8 Å². The number of aryl methyl sites for hydroxylation is 1.